The van der Waals surface area contributed by atoms with Gasteiger partial charge in [-0.05, 0) is 70.7 Å². The van der Waals surface area contributed by atoms with Crippen molar-refractivity contribution in [2.45, 2.75) is 0 Å². The minimum atomic E-state index is -6.17. The summed E-state index contributed by atoms with van der Waals surface area (Å²) in [5, 5.41) is 60.6. The zero-order chi connectivity index (χ0) is 41.9. The molecule has 288 valence electrons. The molecule has 0 aliphatic rings. The van der Waals surface area contributed by atoms with Gasteiger partial charge in [0.1, 0.15) is 0 Å². The summed E-state index contributed by atoms with van der Waals surface area (Å²) in [6.07, 6.45) is 0. The summed E-state index contributed by atoms with van der Waals surface area (Å²) >= 11 is 0. The summed E-state index contributed by atoms with van der Waals surface area (Å²) in [4.78, 5) is 53.1. The maximum absolute atomic E-state index is 14.6. The molecule has 0 spiro atoms. The first-order chi connectivity index (χ1) is 27.0. The fourth-order valence-corrected chi connectivity index (χ4v) is 7.23. The van der Waals surface area contributed by atoms with Crippen molar-refractivity contribution in [1.29, 1.82) is 0 Å². The number of phosphoric acid groups is 2. The molecule has 0 bridgehead atoms. The molecule has 0 unspecified atom stereocenters. The first-order valence-electron chi connectivity index (χ1n) is 14.1. The van der Waals surface area contributed by atoms with Crippen molar-refractivity contribution < 1.29 is 51.2 Å². The molecule has 0 heterocycles. The molecule has 0 atom stereocenters. The fourth-order valence-electron chi connectivity index (χ4n) is 4.07. The molecule has 0 aliphatic heterocycles. The normalized spacial score (nSPS) is 12.2. The maximum atomic E-state index is 14.6. The molecule has 0 fully saturated rings. The van der Waals surface area contributed by atoms with E-state index in [2.05, 4.69) is 40.1 Å². The van der Waals surface area contributed by atoms with Crippen molar-refractivity contribution in [2.75, 3.05) is 0 Å². The highest BCUT2D eigenvalue weighted by atomic mass is 31.3. The number of azide groups is 4. The second-order valence-electron chi connectivity index (χ2n) is 9.74. The third-order valence-electron chi connectivity index (χ3n) is 6.24. The number of hydrogen-bond donors (Lipinski definition) is 0. The van der Waals surface area contributed by atoms with Gasteiger partial charge in [-0.25, -0.2) is 9.13 Å². The first-order valence-corrected chi connectivity index (χ1v) is 17.0. The highest BCUT2D eigenvalue weighted by Gasteiger charge is 2.49. The van der Waals surface area contributed by atoms with Crippen molar-refractivity contribution in [3.05, 3.63) is 155 Å². The van der Waals surface area contributed by atoms with E-state index in [-0.39, 0.29) is 0 Å². The second kappa shape index (κ2) is 17.4. The third-order valence-corrected chi connectivity index (χ3v) is 9.52. The van der Waals surface area contributed by atoms with E-state index in [9.17, 15) is 49.6 Å². The third kappa shape index (κ3) is 10.3. The predicted molar refractivity (Wildman–Crippen MR) is 186 cm³/mol. The lowest BCUT2D eigenvalue weighted by Crippen LogP contribution is -2.12. The van der Waals surface area contributed by atoms with E-state index >= 15 is 0 Å². The summed E-state index contributed by atoms with van der Waals surface area (Å²) in [5.41, 5.74) is 28.7. The van der Waals surface area contributed by atoms with Crippen LogP contribution in [-0.2, 0) is 13.4 Å². The quantitative estimate of drug-likeness (QED) is 0.0224. The largest absolute Gasteiger partial charge is 0.598 e. The number of phosphoric ester groups is 2. The van der Waals surface area contributed by atoms with E-state index in [4.69, 9.17) is 44.5 Å². The molecule has 0 radical (unpaired) electrons. The minimum Gasteiger partial charge on any atom is -0.387 e. The number of nitrogens with zero attached hydrogens (tertiary/aromatic N) is 16. The van der Waals surface area contributed by atoms with Crippen molar-refractivity contribution in [3.8, 4) is 23.0 Å². The Kier molecular flexibility index (Phi) is 12.6. The van der Waals surface area contributed by atoms with E-state index < -0.39 is 104 Å². The molecule has 0 aromatic heterocycles. The summed E-state index contributed by atoms with van der Waals surface area (Å²) in [6.45, 7) is 0. The van der Waals surface area contributed by atoms with Crippen LogP contribution in [0.4, 0.5) is 45.5 Å². The Hall–Kier alpha value is -8.66. The molecule has 4 aromatic carbocycles. The minimum absolute atomic E-state index is 0.414. The van der Waals surface area contributed by atoms with Crippen LogP contribution in [0.5, 0.6) is 23.0 Å². The number of benzene rings is 4. The van der Waals surface area contributed by atoms with Gasteiger partial charge in [0, 0.05) is 66.7 Å². The van der Waals surface area contributed by atoms with Crippen LogP contribution in [0, 0.1) is 40.5 Å². The average Bonchev–Trinajstić information content (AvgIpc) is 3.14. The zero-order valence-corrected chi connectivity index (χ0v) is 28.9. The highest BCUT2D eigenvalue weighted by Crippen LogP contribution is 2.67. The molecule has 0 saturated heterocycles. The van der Waals surface area contributed by atoms with Gasteiger partial charge in [0.2, 0.25) is 23.0 Å². The zero-order valence-electron chi connectivity index (χ0n) is 27.1. The topological polar surface area (TPSA) is 448 Å². The maximum Gasteiger partial charge on any atom is 0.598 e. The molecular formula is C24H12N16O15P2. The van der Waals surface area contributed by atoms with Crippen molar-refractivity contribution in [2.24, 2.45) is 20.5 Å². The van der Waals surface area contributed by atoms with Gasteiger partial charge in [0.25, 0.3) is 0 Å². The smallest absolute Gasteiger partial charge is 0.387 e. The SMILES string of the molecule is [N-]=[N+]=Nc1ccc(OP(=O)(Oc2ccc(N=[N+]=[N-])cc2[N+](=O)[O-])OP(=O)(Oc2ccc(N=[N+]=[N-])cc2[N+](=O)[O-])Oc2ccc(N=[N+]=[N-])cc2[N+](=O)[O-])c([N+](=O)[O-])c1. The van der Waals surface area contributed by atoms with Crippen LogP contribution < -0.4 is 18.1 Å². The monoisotopic (exact) mass is 826 g/mol. The van der Waals surface area contributed by atoms with Crippen LogP contribution in [0.25, 0.3) is 41.8 Å². The van der Waals surface area contributed by atoms with Gasteiger partial charge in [0.15, 0.2) is 0 Å². The summed E-state index contributed by atoms with van der Waals surface area (Å²) in [5.74, 6) is -4.46. The molecule has 33 heteroatoms. The Labute approximate surface area is 310 Å². The second-order valence-corrected chi connectivity index (χ2v) is 12.9. The van der Waals surface area contributed by atoms with Gasteiger partial charge in [0.05, 0.1) is 19.7 Å². The molecule has 0 amide bonds. The summed E-state index contributed by atoms with van der Waals surface area (Å²) < 4.78 is 55.2. The molecule has 4 rings (SSSR count). The lowest BCUT2D eigenvalue weighted by Gasteiger charge is -2.23. The van der Waals surface area contributed by atoms with Crippen molar-refractivity contribution >= 4 is 61.1 Å². The Morgan fingerprint density at radius 3 is 0.825 bits per heavy atom. The van der Waals surface area contributed by atoms with E-state index in [1.165, 1.54) is 0 Å². The van der Waals surface area contributed by atoms with Gasteiger partial charge < -0.3 is 18.1 Å². The Balaban J connectivity index is 2.02. The van der Waals surface area contributed by atoms with E-state index in [1.807, 2.05) is 0 Å². The number of rotatable bonds is 18. The van der Waals surface area contributed by atoms with Crippen LogP contribution in [0.1, 0.15) is 0 Å². The summed E-state index contributed by atoms with van der Waals surface area (Å²) in [7, 11) is -12.3. The lowest BCUT2D eigenvalue weighted by molar-refractivity contribution is -0.385. The Morgan fingerprint density at radius 1 is 0.439 bits per heavy atom. The van der Waals surface area contributed by atoms with Crippen LogP contribution in [0.15, 0.2) is 93.3 Å². The standard InChI is InChI=1S/C24H12N16O15P2/c25-33-29-13-1-5-21(17(9-13)37(41)42)51-56(49,52-22-6-2-14(30-34-26)10-18(22)38(43)44)55-57(50,53-23-7-3-15(31-35-27)11-19(23)39(45)46)54-24-8-4-16(32-36-28)12-20(24)40(47)48/h1-12H. The number of hydrogen-bond acceptors (Lipinski definition) is 19. The van der Waals surface area contributed by atoms with Crippen LogP contribution in [-0.4, -0.2) is 19.7 Å². The molecular weight excluding hydrogens is 814 g/mol. The van der Waals surface area contributed by atoms with E-state index in [1.54, 1.807) is 0 Å². The van der Waals surface area contributed by atoms with Crippen molar-refractivity contribution in [1.82, 2.24) is 0 Å². The fraction of sp³-hybridized carbons (Fsp3) is 0. The lowest BCUT2D eigenvalue weighted by atomic mass is 10.2. The van der Waals surface area contributed by atoms with Gasteiger partial charge in [-0.15, -0.1) is 4.31 Å². The molecule has 0 aliphatic carbocycles. The highest BCUT2D eigenvalue weighted by molar-refractivity contribution is 7.63. The molecule has 0 saturated carbocycles. The van der Waals surface area contributed by atoms with Crippen LogP contribution in [0.2, 0.25) is 0 Å². The predicted octanol–water partition coefficient (Wildman–Crippen LogP) is 10.9. The first kappa shape index (κ1) is 41.1. The molecule has 4 aromatic rings. The molecule has 57 heavy (non-hydrogen) atoms. The van der Waals surface area contributed by atoms with Crippen LogP contribution >= 0.6 is 15.6 Å². The van der Waals surface area contributed by atoms with Gasteiger partial charge in [-0.3, -0.25) is 40.5 Å². The average molecular weight is 826 g/mol. The summed E-state index contributed by atoms with van der Waals surface area (Å²) in [6, 6.07) is 8.32. The molecule has 31 nitrogen and oxygen atoms in total. The van der Waals surface area contributed by atoms with Gasteiger partial charge in [-0.2, -0.15) is 0 Å². The van der Waals surface area contributed by atoms with E-state index in [0.29, 0.717) is 48.5 Å². The Bertz CT molecular complexity index is 2310. The number of nitro benzene ring substituents is 4. The molecule has 0 N–H and O–H groups in total. The van der Waals surface area contributed by atoms with Gasteiger partial charge in [-0.1, -0.05) is 20.5 Å². The Morgan fingerprint density at radius 2 is 0.649 bits per heavy atom. The van der Waals surface area contributed by atoms with Crippen LogP contribution in [0.3, 0.4) is 0 Å². The van der Waals surface area contributed by atoms with Crippen molar-refractivity contribution in [3.63, 3.8) is 0 Å². The van der Waals surface area contributed by atoms with Gasteiger partial charge >= 0.3 is 38.4 Å². The van der Waals surface area contributed by atoms with E-state index in [0.717, 1.165) is 24.3 Å². The number of nitro groups is 4.